The van der Waals surface area contributed by atoms with Gasteiger partial charge in [-0.1, -0.05) is 23.7 Å². The Morgan fingerprint density at radius 3 is 2.40 bits per heavy atom. The van der Waals surface area contributed by atoms with Crippen LogP contribution in [0.2, 0.25) is 5.02 Å². The van der Waals surface area contributed by atoms with Crippen LogP contribution in [0.25, 0.3) is 0 Å². The topological polar surface area (TPSA) is 67.2 Å². The molecule has 2 N–H and O–H groups in total. The number of para-hydroxylation sites is 1. The number of nitro benzene ring substituents is 1. The van der Waals surface area contributed by atoms with E-state index in [1.807, 2.05) is 0 Å². The maximum absolute atomic E-state index is 11.2. The summed E-state index contributed by atoms with van der Waals surface area (Å²) in [7, 11) is 1.64. The van der Waals surface area contributed by atoms with Gasteiger partial charge in [0, 0.05) is 7.05 Å². The molecule has 0 saturated heterocycles. The maximum atomic E-state index is 11.2. The molecule has 0 unspecified atom stereocenters. The maximum Gasteiger partial charge on any atom is 0.315 e. The van der Waals surface area contributed by atoms with E-state index in [1.165, 1.54) is 0 Å². The Bertz CT molecular complexity index is 664. The van der Waals surface area contributed by atoms with Crippen molar-refractivity contribution in [2.45, 2.75) is 0 Å². The number of nitrogens with zero attached hydrogens (tertiary/aromatic N) is 1. The van der Waals surface area contributed by atoms with Crippen molar-refractivity contribution in [2.75, 3.05) is 17.7 Å². The van der Waals surface area contributed by atoms with Crippen molar-refractivity contribution in [1.29, 1.82) is 0 Å². The van der Waals surface area contributed by atoms with Crippen LogP contribution >= 0.6 is 27.5 Å². The first-order valence-electron chi connectivity index (χ1n) is 5.70. The molecule has 2 aromatic rings. The summed E-state index contributed by atoms with van der Waals surface area (Å²) in [5, 5.41) is 17.6. The van der Waals surface area contributed by atoms with Crippen molar-refractivity contribution >= 4 is 50.3 Å². The third kappa shape index (κ3) is 2.86. The molecule has 0 fully saturated rings. The zero-order chi connectivity index (χ0) is 14.7. The molecular formula is C13H11BrClN3O2. The predicted molar refractivity (Wildman–Crippen MR) is 85.1 cm³/mol. The van der Waals surface area contributed by atoms with E-state index in [2.05, 4.69) is 26.6 Å². The van der Waals surface area contributed by atoms with Gasteiger partial charge in [-0.2, -0.15) is 0 Å². The molecule has 0 aliphatic heterocycles. The molecule has 0 radical (unpaired) electrons. The number of nitrogens with one attached hydrogen (secondary N) is 2. The van der Waals surface area contributed by atoms with Gasteiger partial charge in [0.2, 0.25) is 0 Å². The Morgan fingerprint density at radius 1 is 1.15 bits per heavy atom. The molecule has 20 heavy (non-hydrogen) atoms. The van der Waals surface area contributed by atoms with E-state index < -0.39 is 4.92 Å². The van der Waals surface area contributed by atoms with Gasteiger partial charge in [0.15, 0.2) is 0 Å². The molecular weight excluding hydrogens is 346 g/mol. The van der Waals surface area contributed by atoms with E-state index in [-0.39, 0.29) is 5.69 Å². The quantitative estimate of drug-likeness (QED) is 0.610. The lowest BCUT2D eigenvalue weighted by Gasteiger charge is -2.11. The van der Waals surface area contributed by atoms with Crippen molar-refractivity contribution < 1.29 is 4.92 Å². The van der Waals surface area contributed by atoms with Gasteiger partial charge < -0.3 is 10.6 Å². The third-order valence-corrected chi connectivity index (χ3v) is 4.11. The smallest absolute Gasteiger partial charge is 0.315 e. The summed E-state index contributed by atoms with van der Waals surface area (Å²) in [6.07, 6.45) is 0. The van der Waals surface area contributed by atoms with Crippen LogP contribution in [0.15, 0.2) is 40.9 Å². The van der Waals surface area contributed by atoms with E-state index in [1.54, 1.807) is 43.4 Å². The summed E-state index contributed by atoms with van der Waals surface area (Å²) in [5.41, 5.74) is 1.48. The second-order valence-corrected chi connectivity index (χ2v) is 5.14. The highest BCUT2D eigenvalue weighted by Crippen LogP contribution is 2.37. The molecule has 2 rings (SSSR count). The Morgan fingerprint density at radius 2 is 1.75 bits per heavy atom. The molecule has 0 bridgehead atoms. The predicted octanol–water partition coefficient (Wildman–Crippen LogP) is 4.80. The first-order valence-corrected chi connectivity index (χ1v) is 6.88. The van der Waals surface area contributed by atoms with Crippen LogP contribution in [-0.2, 0) is 0 Å². The SMILES string of the molecule is CNc1cccc(Nc2cccc(Cl)c2Br)c1[N+](=O)[O-]. The minimum Gasteiger partial charge on any atom is -0.382 e. The summed E-state index contributed by atoms with van der Waals surface area (Å²) in [4.78, 5) is 10.8. The number of rotatable bonds is 4. The van der Waals surface area contributed by atoms with Crippen LogP contribution in [0.4, 0.5) is 22.7 Å². The van der Waals surface area contributed by atoms with Crippen molar-refractivity contribution in [3.05, 3.63) is 56.0 Å². The first kappa shape index (κ1) is 14.6. The second-order valence-electron chi connectivity index (χ2n) is 3.94. The van der Waals surface area contributed by atoms with Crippen LogP contribution in [0, 0.1) is 10.1 Å². The van der Waals surface area contributed by atoms with Crippen molar-refractivity contribution in [3.63, 3.8) is 0 Å². The number of anilines is 3. The minimum absolute atomic E-state index is 0.0122. The van der Waals surface area contributed by atoms with Crippen molar-refractivity contribution in [1.82, 2.24) is 0 Å². The van der Waals surface area contributed by atoms with Crippen LogP contribution in [0.3, 0.4) is 0 Å². The Kier molecular flexibility index (Phi) is 4.46. The van der Waals surface area contributed by atoms with Crippen LogP contribution in [0.1, 0.15) is 0 Å². The number of hydrogen-bond donors (Lipinski definition) is 2. The normalized spacial score (nSPS) is 10.2. The molecule has 0 heterocycles. The largest absolute Gasteiger partial charge is 0.382 e. The zero-order valence-corrected chi connectivity index (χ0v) is 12.8. The zero-order valence-electron chi connectivity index (χ0n) is 10.5. The fourth-order valence-corrected chi connectivity index (χ4v) is 2.33. The van der Waals surface area contributed by atoms with Gasteiger partial charge in [-0.05, 0) is 40.2 Å². The minimum atomic E-state index is -0.424. The van der Waals surface area contributed by atoms with Crippen LogP contribution in [-0.4, -0.2) is 12.0 Å². The number of nitro groups is 1. The highest BCUT2D eigenvalue weighted by molar-refractivity contribution is 9.10. The second kappa shape index (κ2) is 6.11. The molecule has 104 valence electrons. The fourth-order valence-electron chi connectivity index (χ4n) is 1.79. The van der Waals surface area contributed by atoms with Crippen LogP contribution in [0.5, 0.6) is 0 Å². The van der Waals surface area contributed by atoms with Gasteiger partial charge in [0.25, 0.3) is 0 Å². The average Bonchev–Trinajstić information content (AvgIpc) is 2.43. The van der Waals surface area contributed by atoms with E-state index in [0.717, 1.165) is 0 Å². The van der Waals surface area contributed by atoms with Gasteiger partial charge in [-0.25, -0.2) is 0 Å². The lowest BCUT2D eigenvalue weighted by atomic mass is 10.2. The Hall–Kier alpha value is -1.79. The molecule has 5 nitrogen and oxygen atoms in total. The van der Waals surface area contributed by atoms with E-state index in [9.17, 15) is 10.1 Å². The van der Waals surface area contributed by atoms with Gasteiger partial charge in [-0.15, -0.1) is 0 Å². The molecule has 0 amide bonds. The standard InChI is InChI=1S/C13H11BrClN3O2/c1-16-10-6-3-7-11(13(10)18(19)20)17-9-5-2-4-8(15)12(9)14/h2-7,16-17H,1H3. The third-order valence-electron chi connectivity index (χ3n) is 2.71. The van der Waals surface area contributed by atoms with E-state index in [0.29, 0.717) is 26.6 Å². The van der Waals surface area contributed by atoms with E-state index >= 15 is 0 Å². The van der Waals surface area contributed by atoms with Gasteiger partial charge >= 0.3 is 5.69 Å². The van der Waals surface area contributed by atoms with Gasteiger partial charge in [0.05, 0.1) is 20.1 Å². The first-order chi connectivity index (χ1) is 9.54. The molecule has 0 aliphatic rings. The summed E-state index contributed by atoms with van der Waals surface area (Å²) in [6, 6.07) is 10.3. The molecule has 0 aliphatic carbocycles. The summed E-state index contributed by atoms with van der Waals surface area (Å²) in [6.45, 7) is 0. The summed E-state index contributed by atoms with van der Waals surface area (Å²) < 4.78 is 0.658. The summed E-state index contributed by atoms with van der Waals surface area (Å²) >= 11 is 9.36. The molecule has 0 saturated carbocycles. The fraction of sp³-hybridized carbons (Fsp3) is 0.0769. The van der Waals surface area contributed by atoms with Gasteiger partial charge in [-0.3, -0.25) is 10.1 Å². The molecule has 2 aromatic carbocycles. The summed E-state index contributed by atoms with van der Waals surface area (Å²) in [5.74, 6) is 0. The molecule has 7 heteroatoms. The highest BCUT2D eigenvalue weighted by Gasteiger charge is 2.19. The molecule has 0 spiro atoms. The monoisotopic (exact) mass is 355 g/mol. The Balaban J connectivity index is 2.48. The van der Waals surface area contributed by atoms with Crippen molar-refractivity contribution in [3.8, 4) is 0 Å². The van der Waals surface area contributed by atoms with Crippen molar-refractivity contribution in [2.24, 2.45) is 0 Å². The highest BCUT2D eigenvalue weighted by atomic mass is 79.9. The molecule has 0 aromatic heterocycles. The number of halogens is 2. The lowest BCUT2D eigenvalue weighted by Crippen LogP contribution is -2.01. The molecule has 0 atom stereocenters. The number of hydrogen-bond acceptors (Lipinski definition) is 4. The average molecular weight is 357 g/mol. The van der Waals surface area contributed by atoms with E-state index in [4.69, 9.17) is 11.6 Å². The Labute approximate surface area is 129 Å². The lowest BCUT2D eigenvalue weighted by molar-refractivity contribution is -0.383. The number of benzene rings is 2. The van der Waals surface area contributed by atoms with Crippen LogP contribution < -0.4 is 10.6 Å². The van der Waals surface area contributed by atoms with Gasteiger partial charge in [0.1, 0.15) is 11.4 Å².